The Morgan fingerprint density at radius 3 is 2.41 bits per heavy atom. The Morgan fingerprint density at radius 2 is 1.77 bits per heavy atom. The average molecular weight is 640 g/mol. The number of hydrogen-bond donors (Lipinski definition) is 4. The smallest absolute Gasteiger partial charge is 0.243 e. The first-order valence-corrected chi connectivity index (χ1v) is 16.1. The summed E-state index contributed by atoms with van der Waals surface area (Å²) < 4.78 is 0. The normalized spacial score (nSPS) is 20.4. The number of carboxylic acid groups (broad SMARTS) is 3. The Bertz CT molecular complexity index is 1030. The molecule has 6 atom stereocenters. The van der Waals surface area contributed by atoms with Crippen molar-refractivity contribution in [3.05, 3.63) is 24.3 Å². The van der Waals surface area contributed by atoms with Crippen molar-refractivity contribution >= 4 is 47.3 Å². The van der Waals surface area contributed by atoms with Gasteiger partial charge in [0.15, 0.2) is 0 Å². The highest BCUT2D eigenvalue weighted by molar-refractivity contribution is 8.00. The van der Waals surface area contributed by atoms with Crippen LogP contribution < -0.4 is 31.7 Å². The molecule has 1 rings (SSSR count). The minimum atomic E-state index is -1.52. The van der Waals surface area contributed by atoms with Crippen molar-refractivity contribution in [2.24, 2.45) is 11.8 Å². The van der Waals surface area contributed by atoms with E-state index in [0.29, 0.717) is 25.7 Å². The number of unbranched alkanes of at least 4 members (excludes halogenated alkanes) is 3. The predicted molar refractivity (Wildman–Crippen MR) is 156 cm³/mol. The van der Waals surface area contributed by atoms with Gasteiger partial charge in [-0.2, -0.15) is 11.8 Å². The van der Waals surface area contributed by atoms with Crippen LogP contribution >= 0.6 is 11.8 Å². The van der Waals surface area contributed by atoms with Crippen LogP contribution in [0.1, 0.15) is 77.6 Å². The van der Waals surface area contributed by atoms with Crippen molar-refractivity contribution in [2.75, 3.05) is 12.3 Å². The fourth-order valence-corrected chi connectivity index (χ4v) is 6.19. The Balaban J connectivity index is 3.03. The summed E-state index contributed by atoms with van der Waals surface area (Å²) in [6, 6.07) is -2.31. The quantitative estimate of drug-likeness (QED) is 0.0655. The van der Waals surface area contributed by atoms with E-state index in [1.54, 1.807) is 6.08 Å². The first-order chi connectivity index (χ1) is 20.8. The lowest BCUT2D eigenvalue weighted by Crippen LogP contribution is -2.68. The zero-order valence-corrected chi connectivity index (χ0v) is 26.0. The maximum Gasteiger partial charge on any atom is 0.243 e. The molecule has 0 saturated heterocycles. The Morgan fingerprint density at radius 1 is 1.05 bits per heavy atom. The molecular weight excluding hydrogens is 594 g/mol. The molecule has 1 saturated carbocycles. The molecule has 248 valence electrons. The van der Waals surface area contributed by atoms with Gasteiger partial charge in [0.25, 0.3) is 0 Å². The standard InChI is InChI=1S/C30H47N3O10S/c1-2-3-6-9-19(34)12-13-21-20(10-7-4-5-8-11-27(37)38)24(35)16-25(21)44-18-23(29(41)32-17-28(39)40)33-26(36)15-14-22(31)30(42)43/h4,7,12-13,19-23,25,34H,2-3,5-6,8-11,14-18,31H2,1H3,(H,32,41)(H,33,36)(H,37,38)(H,39,40)(H,42,43)/p-2/b7-4-,13-12+/t19-,20+,21+,22-,23-,25+/m0/s1. The number of allylic oxidation sites excluding steroid dienone is 3. The highest BCUT2D eigenvalue weighted by Gasteiger charge is 2.41. The molecule has 0 aromatic rings. The van der Waals surface area contributed by atoms with E-state index in [1.807, 2.05) is 18.2 Å². The Hall–Kier alpha value is -3.23. The summed E-state index contributed by atoms with van der Waals surface area (Å²) in [6.45, 7) is 1.28. The molecule has 13 nitrogen and oxygen atoms in total. The fraction of sp³-hybridized carbons (Fsp3) is 0.667. The molecule has 0 spiro atoms. The van der Waals surface area contributed by atoms with Crippen LogP contribution in [-0.4, -0.2) is 76.3 Å². The Labute approximate surface area is 262 Å². The van der Waals surface area contributed by atoms with Crippen molar-refractivity contribution in [1.82, 2.24) is 10.6 Å². The van der Waals surface area contributed by atoms with Crippen LogP contribution in [0.3, 0.4) is 0 Å². The number of amides is 2. The monoisotopic (exact) mass is 639 g/mol. The van der Waals surface area contributed by atoms with E-state index < -0.39 is 60.4 Å². The number of aliphatic hydroxyl groups is 1. The molecule has 0 aromatic carbocycles. The summed E-state index contributed by atoms with van der Waals surface area (Å²) in [7, 11) is 0. The molecule has 1 aliphatic rings. The summed E-state index contributed by atoms with van der Waals surface area (Å²) >= 11 is 1.26. The molecule has 0 aromatic heterocycles. The lowest BCUT2D eigenvalue weighted by Gasteiger charge is -2.24. The molecule has 0 bridgehead atoms. The number of hydrogen-bond acceptors (Lipinski definition) is 11. The maximum atomic E-state index is 13.1. The molecule has 1 aliphatic carbocycles. The molecule has 1 fully saturated rings. The van der Waals surface area contributed by atoms with E-state index in [1.165, 1.54) is 11.8 Å². The fourth-order valence-electron chi connectivity index (χ4n) is 4.73. The van der Waals surface area contributed by atoms with Crippen molar-refractivity contribution in [3.8, 4) is 0 Å². The number of rotatable bonds is 23. The molecule has 6 N–H and O–H groups in total. The number of aliphatic hydroxyl groups excluding tert-OH is 1. The molecule has 44 heavy (non-hydrogen) atoms. The van der Waals surface area contributed by atoms with Gasteiger partial charge in [0, 0.05) is 42.2 Å². The largest absolute Gasteiger partial charge is 0.550 e. The first-order valence-electron chi connectivity index (χ1n) is 15.0. The number of ketones is 1. The third kappa shape index (κ3) is 16.0. The van der Waals surface area contributed by atoms with Crippen LogP contribution in [0, 0.1) is 11.8 Å². The summed E-state index contributed by atoms with van der Waals surface area (Å²) in [6.07, 6.45) is 10.9. The van der Waals surface area contributed by atoms with E-state index in [-0.39, 0.29) is 48.4 Å². The van der Waals surface area contributed by atoms with Crippen LogP contribution in [0.15, 0.2) is 24.3 Å². The number of Topliss-reactive ketones (excluding diaryl/α,β-unsaturated/α-hetero) is 1. The molecule has 0 radical (unpaired) electrons. The van der Waals surface area contributed by atoms with Gasteiger partial charge in [0.1, 0.15) is 17.9 Å². The lowest BCUT2D eigenvalue weighted by molar-refractivity contribution is -0.438. The van der Waals surface area contributed by atoms with Gasteiger partial charge in [-0.1, -0.05) is 50.5 Å². The second kappa shape index (κ2) is 21.5. The van der Waals surface area contributed by atoms with Crippen molar-refractivity contribution in [2.45, 2.75) is 101 Å². The topological polar surface area (TPSA) is 244 Å². The minimum Gasteiger partial charge on any atom is -0.550 e. The van der Waals surface area contributed by atoms with Crippen LogP contribution in [0.2, 0.25) is 0 Å². The number of thioether (sulfide) groups is 1. The van der Waals surface area contributed by atoms with Crippen molar-refractivity contribution in [3.63, 3.8) is 0 Å². The molecule has 0 unspecified atom stereocenters. The molecule has 14 heteroatoms. The van der Waals surface area contributed by atoms with E-state index >= 15 is 0 Å². The summed E-state index contributed by atoms with van der Waals surface area (Å²) in [4.78, 5) is 70.7. The number of nitrogens with one attached hydrogen (secondary N) is 2. The Kier molecular flexibility index (Phi) is 18.9. The third-order valence-corrected chi connectivity index (χ3v) is 8.70. The van der Waals surface area contributed by atoms with Gasteiger partial charge in [0.05, 0.1) is 24.6 Å². The highest BCUT2D eigenvalue weighted by atomic mass is 32.2. The summed E-state index contributed by atoms with van der Waals surface area (Å²) in [5, 5.41) is 47.2. The first kappa shape index (κ1) is 38.8. The van der Waals surface area contributed by atoms with E-state index in [0.717, 1.165) is 19.3 Å². The van der Waals surface area contributed by atoms with Crippen molar-refractivity contribution in [1.29, 1.82) is 0 Å². The molecule has 2 amide bonds. The van der Waals surface area contributed by atoms with Crippen LogP contribution in [0.5, 0.6) is 0 Å². The van der Waals surface area contributed by atoms with Gasteiger partial charge in [-0.05, 0) is 38.0 Å². The average Bonchev–Trinajstić information content (AvgIpc) is 3.26. The zero-order valence-electron chi connectivity index (χ0n) is 25.2. The second-order valence-electron chi connectivity index (χ2n) is 10.9. The summed E-state index contributed by atoms with van der Waals surface area (Å²) in [5.41, 5.74) is 3.39. The lowest BCUT2D eigenvalue weighted by atomic mass is 9.91. The van der Waals surface area contributed by atoms with E-state index in [4.69, 9.17) is 0 Å². The summed E-state index contributed by atoms with van der Waals surface area (Å²) in [5.74, 6) is -6.22. The number of quaternary nitrogens is 1. The van der Waals surface area contributed by atoms with E-state index in [9.17, 15) is 49.2 Å². The van der Waals surface area contributed by atoms with Gasteiger partial charge in [0.2, 0.25) is 11.8 Å². The van der Waals surface area contributed by atoms with Gasteiger partial charge < -0.3 is 51.2 Å². The zero-order chi connectivity index (χ0) is 33.1. The van der Waals surface area contributed by atoms with Gasteiger partial charge in [-0.3, -0.25) is 14.4 Å². The SMILES string of the molecule is CCCCC[C@H](O)/C=C/[C@H]1[C@H](SC[C@H](NC(=O)CC[C@H]([NH3+])C(=O)[O-])C(=O)NCC(=O)[O-])CC(=O)[C@@H]1C/C=C\CCCC(=O)[O-]. The van der Waals surface area contributed by atoms with Crippen LogP contribution in [0.4, 0.5) is 0 Å². The molecule has 0 aliphatic heterocycles. The predicted octanol–water partition coefficient (Wildman–Crippen LogP) is -2.85. The van der Waals surface area contributed by atoms with Gasteiger partial charge in [-0.25, -0.2) is 0 Å². The van der Waals surface area contributed by atoms with Crippen LogP contribution in [0.25, 0.3) is 0 Å². The van der Waals surface area contributed by atoms with Crippen molar-refractivity contribution < 1.29 is 54.9 Å². The second-order valence-corrected chi connectivity index (χ2v) is 12.2. The van der Waals surface area contributed by atoms with Crippen LogP contribution in [-0.2, 0) is 28.8 Å². The number of carbonyl (C=O) groups is 6. The minimum absolute atomic E-state index is 0.00790. The number of carbonyl (C=O) groups excluding carboxylic acids is 6. The van der Waals surface area contributed by atoms with Gasteiger partial charge >= 0.3 is 0 Å². The molecule has 0 heterocycles. The molecular formula is C30H45N3O10S-2. The third-order valence-electron chi connectivity index (χ3n) is 7.27. The van der Waals surface area contributed by atoms with E-state index in [2.05, 4.69) is 23.3 Å². The number of aliphatic carboxylic acids is 3. The highest BCUT2D eigenvalue weighted by Crippen LogP contribution is 2.40. The number of carboxylic acids is 3. The van der Waals surface area contributed by atoms with Gasteiger partial charge in [-0.15, -0.1) is 0 Å². The maximum absolute atomic E-state index is 13.1.